The molecule has 17 heavy (non-hydrogen) atoms. The second kappa shape index (κ2) is 8.44. The highest BCUT2D eigenvalue weighted by Gasteiger charge is 2.24. The molecular weight excluding hydrogens is 220 g/mol. The summed E-state index contributed by atoms with van der Waals surface area (Å²) in [6, 6.07) is -0.0825. The van der Waals surface area contributed by atoms with Crippen LogP contribution in [0.4, 0.5) is 0 Å². The first-order valence-electron chi connectivity index (χ1n) is 6.41. The number of amides is 1. The van der Waals surface area contributed by atoms with Crippen LogP contribution in [-0.4, -0.2) is 61.9 Å². The van der Waals surface area contributed by atoms with E-state index in [1.54, 1.807) is 12.0 Å². The zero-order chi connectivity index (χ0) is 12.5. The van der Waals surface area contributed by atoms with Crippen LogP contribution >= 0.6 is 0 Å². The Hall–Kier alpha value is -0.650. The number of rotatable bonds is 6. The van der Waals surface area contributed by atoms with Crippen LogP contribution in [0.1, 0.15) is 25.7 Å². The lowest BCUT2D eigenvalue weighted by atomic mass is 10.1. The number of carbonyl (C=O) groups is 1. The van der Waals surface area contributed by atoms with Gasteiger partial charge in [0.15, 0.2) is 0 Å². The van der Waals surface area contributed by atoms with Crippen molar-refractivity contribution in [3.05, 3.63) is 0 Å². The minimum absolute atomic E-state index is 0.00216. The van der Waals surface area contributed by atoms with E-state index in [-0.39, 0.29) is 18.6 Å². The van der Waals surface area contributed by atoms with Crippen LogP contribution in [0.15, 0.2) is 0 Å². The average molecular weight is 244 g/mol. The number of hydrogen-bond donors (Lipinski definition) is 2. The molecule has 1 heterocycles. The SMILES string of the molecule is COCCN(CCO)C(=O)C1CCCCCN1. The molecule has 1 fully saturated rings. The highest BCUT2D eigenvalue weighted by molar-refractivity contribution is 5.81. The topological polar surface area (TPSA) is 61.8 Å². The molecule has 1 atom stereocenters. The predicted octanol–water partition coefficient (Wildman–Crippen LogP) is -0.0141. The molecule has 0 saturated carbocycles. The monoisotopic (exact) mass is 244 g/mol. The number of methoxy groups -OCH3 is 1. The number of hydrogen-bond acceptors (Lipinski definition) is 4. The van der Waals surface area contributed by atoms with Gasteiger partial charge in [-0.2, -0.15) is 0 Å². The van der Waals surface area contributed by atoms with Crippen molar-refractivity contribution in [2.75, 3.05) is 40.0 Å². The standard InChI is InChI=1S/C12H24N2O3/c1-17-10-8-14(7-9-15)12(16)11-5-3-2-4-6-13-11/h11,13,15H,2-10H2,1H3. The van der Waals surface area contributed by atoms with Gasteiger partial charge in [0.05, 0.1) is 19.3 Å². The number of carbonyl (C=O) groups excluding carboxylic acids is 1. The molecule has 0 aliphatic carbocycles. The van der Waals surface area contributed by atoms with Crippen molar-refractivity contribution in [3.63, 3.8) is 0 Å². The molecule has 1 aliphatic rings. The largest absolute Gasteiger partial charge is 0.395 e. The summed E-state index contributed by atoms with van der Waals surface area (Å²) in [6.07, 6.45) is 4.32. The fourth-order valence-corrected chi connectivity index (χ4v) is 2.11. The molecule has 0 radical (unpaired) electrons. The number of ether oxygens (including phenoxy) is 1. The summed E-state index contributed by atoms with van der Waals surface area (Å²) >= 11 is 0. The third kappa shape index (κ3) is 5.02. The summed E-state index contributed by atoms with van der Waals surface area (Å²) in [7, 11) is 1.62. The normalized spacial score (nSPS) is 20.9. The number of nitrogens with zero attached hydrogens (tertiary/aromatic N) is 1. The van der Waals surface area contributed by atoms with Crippen LogP contribution < -0.4 is 5.32 Å². The zero-order valence-corrected chi connectivity index (χ0v) is 10.7. The summed E-state index contributed by atoms with van der Waals surface area (Å²) in [5.41, 5.74) is 0. The maximum atomic E-state index is 12.2. The van der Waals surface area contributed by atoms with Crippen LogP contribution in [0.5, 0.6) is 0 Å². The van der Waals surface area contributed by atoms with Gasteiger partial charge < -0.3 is 20.1 Å². The van der Waals surface area contributed by atoms with E-state index in [0.717, 1.165) is 25.8 Å². The lowest BCUT2D eigenvalue weighted by molar-refractivity contribution is -0.134. The van der Waals surface area contributed by atoms with Gasteiger partial charge >= 0.3 is 0 Å². The van der Waals surface area contributed by atoms with Crippen molar-refractivity contribution < 1.29 is 14.6 Å². The molecule has 0 spiro atoms. The van der Waals surface area contributed by atoms with Gasteiger partial charge in [0, 0.05) is 20.2 Å². The lowest BCUT2D eigenvalue weighted by Gasteiger charge is -2.26. The van der Waals surface area contributed by atoms with Crippen LogP contribution in [0.3, 0.4) is 0 Å². The lowest BCUT2D eigenvalue weighted by Crippen LogP contribution is -2.48. The van der Waals surface area contributed by atoms with Crippen LogP contribution in [0.2, 0.25) is 0 Å². The van der Waals surface area contributed by atoms with Gasteiger partial charge in [0.2, 0.25) is 5.91 Å². The fourth-order valence-electron chi connectivity index (χ4n) is 2.11. The second-order valence-electron chi connectivity index (χ2n) is 4.40. The smallest absolute Gasteiger partial charge is 0.239 e. The molecule has 1 rings (SSSR count). The van der Waals surface area contributed by atoms with Gasteiger partial charge in [0.1, 0.15) is 0 Å². The van der Waals surface area contributed by atoms with Crippen molar-refractivity contribution >= 4 is 5.91 Å². The second-order valence-corrected chi connectivity index (χ2v) is 4.40. The van der Waals surface area contributed by atoms with Gasteiger partial charge in [-0.05, 0) is 19.4 Å². The van der Waals surface area contributed by atoms with Crippen molar-refractivity contribution in [1.29, 1.82) is 0 Å². The summed E-state index contributed by atoms with van der Waals surface area (Å²) < 4.78 is 4.98. The van der Waals surface area contributed by atoms with Crippen LogP contribution in [0, 0.1) is 0 Å². The van der Waals surface area contributed by atoms with Crippen molar-refractivity contribution in [3.8, 4) is 0 Å². The van der Waals surface area contributed by atoms with Crippen LogP contribution in [0.25, 0.3) is 0 Å². The maximum Gasteiger partial charge on any atom is 0.239 e. The molecule has 0 aromatic heterocycles. The molecular formula is C12H24N2O3. The minimum atomic E-state index is -0.0825. The van der Waals surface area contributed by atoms with E-state index in [4.69, 9.17) is 9.84 Å². The van der Waals surface area contributed by atoms with E-state index in [9.17, 15) is 4.79 Å². The fraction of sp³-hybridized carbons (Fsp3) is 0.917. The number of aliphatic hydroxyl groups is 1. The Balaban J connectivity index is 2.48. The van der Waals surface area contributed by atoms with E-state index in [1.165, 1.54) is 6.42 Å². The van der Waals surface area contributed by atoms with E-state index >= 15 is 0 Å². The van der Waals surface area contributed by atoms with Gasteiger partial charge in [0.25, 0.3) is 0 Å². The van der Waals surface area contributed by atoms with Crippen LogP contribution in [-0.2, 0) is 9.53 Å². The summed E-state index contributed by atoms with van der Waals surface area (Å²) in [4.78, 5) is 13.9. The minimum Gasteiger partial charge on any atom is -0.395 e. The Bertz CT molecular complexity index is 216. The van der Waals surface area contributed by atoms with Gasteiger partial charge in [-0.25, -0.2) is 0 Å². The Morgan fingerprint density at radius 3 is 2.94 bits per heavy atom. The van der Waals surface area contributed by atoms with Crippen molar-refractivity contribution in [1.82, 2.24) is 10.2 Å². The highest BCUT2D eigenvalue weighted by atomic mass is 16.5. The molecule has 1 unspecified atom stereocenters. The molecule has 1 amide bonds. The molecule has 0 aromatic rings. The van der Waals surface area contributed by atoms with E-state index < -0.39 is 0 Å². The number of nitrogens with one attached hydrogen (secondary N) is 1. The maximum absolute atomic E-state index is 12.2. The molecule has 0 bridgehead atoms. The average Bonchev–Trinajstić information content (AvgIpc) is 2.62. The van der Waals surface area contributed by atoms with Crippen molar-refractivity contribution in [2.24, 2.45) is 0 Å². The Kier molecular flexibility index (Phi) is 7.16. The Labute approximate surface area is 103 Å². The molecule has 1 saturated heterocycles. The summed E-state index contributed by atoms with van der Waals surface area (Å²) in [5.74, 6) is 0.0954. The van der Waals surface area contributed by atoms with E-state index in [1.807, 2.05) is 0 Å². The Morgan fingerprint density at radius 1 is 1.41 bits per heavy atom. The quantitative estimate of drug-likeness (QED) is 0.689. The van der Waals surface area contributed by atoms with Gasteiger partial charge in [-0.3, -0.25) is 4.79 Å². The first-order valence-corrected chi connectivity index (χ1v) is 6.41. The number of aliphatic hydroxyl groups excluding tert-OH is 1. The molecule has 2 N–H and O–H groups in total. The third-order valence-electron chi connectivity index (χ3n) is 3.11. The van der Waals surface area contributed by atoms with Gasteiger partial charge in [-0.1, -0.05) is 12.8 Å². The molecule has 5 heteroatoms. The highest BCUT2D eigenvalue weighted by Crippen LogP contribution is 2.10. The molecule has 5 nitrogen and oxygen atoms in total. The third-order valence-corrected chi connectivity index (χ3v) is 3.11. The van der Waals surface area contributed by atoms with Crippen molar-refractivity contribution in [2.45, 2.75) is 31.7 Å². The Morgan fingerprint density at radius 2 is 2.24 bits per heavy atom. The van der Waals surface area contributed by atoms with E-state index in [2.05, 4.69) is 5.32 Å². The molecule has 100 valence electrons. The van der Waals surface area contributed by atoms with Gasteiger partial charge in [-0.15, -0.1) is 0 Å². The summed E-state index contributed by atoms with van der Waals surface area (Å²) in [5, 5.41) is 12.3. The molecule has 1 aliphatic heterocycles. The zero-order valence-electron chi connectivity index (χ0n) is 10.7. The predicted molar refractivity (Wildman–Crippen MR) is 65.8 cm³/mol. The first kappa shape index (κ1) is 14.4. The van der Waals surface area contributed by atoms with E-state index in [0.29, 0.717) is 19.7 Å². The first-order chi connectivity index (χ1) is 8.29. The molecule has 0 aromatic carbocycles. The summed E-state index contributed by atoms with van der Waals surface area (Å²) in [6.45, 7) is 2.36.